The molecule has 0 saturated heterocycles. The van der Waals surface area contributed by atoms with Gasteiger partial charge in [-0.2, -0.15) is 0 Å². The summed E-state index contributed by atoms with van der Waals surface area (Å²) in [4.78, 5) is 0. The minimum atomic E-state index is -2.57. The fourth-order valence-corrected chi connectivity index (χ4v) is 0.239. The van der Waals surface area contributed by atoms with Crippen LogP contribution in [-0.4, -0.2) is 35.0 Å². The zero-order valence-electron chi connectivity index (χ0n) is 4.66. The normalized spacial score (nSPS) is 12.0. The molecule has 0 heterocycles. The molecule has 0 amide bonds. The van der Waals surface area contributed by atoms with Crippen molar-refractivity contribution in [2.45, 2.75) is 12.4 Å². The second-order valence-corrected chi connectivity index (χ2v) is 1.52. The minimum Gasteiger partial charge on any atom is -0.384 e. The van der Waals surface area contributed by atoms with E-state index in [1.54, 1.807) is 0 Å². The molecule has 0 aliphatic heterocycles. The molecular weight excluding hydrogens is 112 g/mol. The van der Waals surface area contributed by atoms with Crippen molar-refractivity contribution in [1.29, 1.82) is 0 Å². The highest BCUT2D eigenvalue weighted by Gasteiger charge is 2.16. The van der Waals surface area contributed by atoms with Gasteiger partial charge in [0.1, 0.15) is 0 Å². The van der Waals surface area contributed by atoms with E-state index in [-0.39, 0.29) is 13.0 Å². The Morgan fingerprint density at radius 2 is 1.88 bits per heavy atom. The van der Waals surface area contributed by atoms with Gasteiger partial charge in [-0.1, -0.05) is 0 Å². The summed E-state index contributed by atoms with van der Waals surface area (Å²) < 4.78 is 4.44. The first kappa shape index (κ1) is 7.84. The van der Waals surface area contributed by atoms with Crippen LogP contribution in [0.4, 0.5) is 0 Å². The van der Waals surface area contributed by atoms with Gasteiger partial charge in [0.2, 0.25) is 0 Å². The lowest BCUT2D eigenvalue weighted by Crippen LogP contribution is -2.28. The topological polar surface area (TPSA) is 69.9 Å². The Labute approximate surface area is 47.3 Å². The lowest BCUT2D eigenvalue weighted by molar-refractivity contribution is -0.317. The average Bonchev–Trinajstić information content (AvgIpc) is 1.59. The van der Waals surface area contributed by atoms with Crippen molar-refractivity contribution in [3.05, 3.63) is 0 Å². The summed E-state index contributed by atoms with van der Waals surface area (Å²) in [5, 5.41) is 24.5. The number of methoxy groups -OCH3 is 1. The molecule has 4 nitrogen and oxygen atoms in total. The summed E-state index contributed by atoms with van der Waals surface area (Å²) in [6, 6.07) is 0. The quantitative estimate of drug-likeness (QED) is 0.405. The molecule has 3 N–H and O–H groups in total. The molecular formula is C4H10O4. The van der Waals surface area contributed by atoms with E-state index in [9.17, 15) is 0 Å². The van der Waals surface area contributed by atoms with Crippen LogP contribution in [0, 0.1) is 0 Å². The summed E-state index contributed by atoms with van der Waals surface area (Å²) in [5.41, 5.74) is 0. The van der Waals surface area contributed by atoms with Gasteiger partial charge in [0, 0.05) is 7.11 Å². The smallest absolute Gasteiger partial charge is 0.277 e. The first-order valence-electron chi connectivity index (χ1n) is 2.22. The van der Waals surface area contributed by atoms with Gasteiger partial charge in [-0.3, -0.25) is 0 Å². The number of hydrogen-bond acceptors (Lipinski definition) is 4. The molecule has 4 heteroatoms. The third kappa shape index (κ3) is 5.84. The number of rotatable bonds is 3. The van der Waals surface area contributed by atoms with E-state index in [0.29, 0.717) is 0 Å². The second kappa shape index (κ2) is 2.99. The van der Waals surface area contributed by atoms with Crippen LogP contribution in [0.1, 0.15) is 6.42 Å². The van der Waals surface area contributed by atoms with Crippen LogP contribution >= 0.6 is 0 Å². The number of ether oxygens (including phenoxy) is 1. The molecule has 0 aromatic carbocycles. The van der Waals surface area contributed by atoms with Gasteiger partial charge < -0.3 is 20.1 Å². The molecule has 0 aliphatic carbocycles. The summed E-state index contributed by atoms with van der Waals surface area (Å²) in [7, 11) is 1.41. The van der Waals surface area contributed by atoms with Crippen molar-refractivity contribution in [2.75, 3.05) is 13.7 Å². The third-order valence-corrected chi connectivity index (χ3v) is 0.642. The Balaban J connectivity index is 3.11. The fraction of sp³-hybridized carbons (Fsp3) is 1.00. The van der Waals surface area contributed by atoms with Crippen molar-refractivity contribution in [1.82, 2.24) is 0 Å². The average molecular weight is 122 g/mol. The predicted molar refractivity (Wildman–Crippen MR) is 25.9 cm³/mol. The van der Waals surface area contributed by atoms with Crippen molar-refractivity contribution < 1.29 is 20.1 Å². The Morgan fingerprint density at radius 1 is 1.38 bits per heavy atom. The molecule has 8 heavy (non-hydrogen) atoms. The summed E-state index contributed by atoms with van der Waals surface area (Å²) in [6.07, 6.45) is -0.191. The Bertz CT molecular complexity index is 55.5. The highest BCUT2D eigenvalue weighted by Crippen LogP contribution is 1.97. The van der Waals surface area contributed by atoms with Crippen LogP contribution < -0.4 is 0 Å². The third-order valence-electron chi connectivity index (χ3n) is 0.642. The van der Waals surface area contributed by atoms with Crippen LogP contribution in [0.2, 0.25) is 0 Å². The summed E-state index contributed by atoms with van der Waals surface area (Å²) in [6.45, 7) is 0.128. The Morgan fingerprint density at radius 3 is 2.00 bits per heavy atom. The maximum Gasteiger partial charge on any atom is 0.277 e. The van der Waals surface area contributed by atoms with Gasteiger partial charge in [0.25, 0.3) is 5.97 Å². The first-order valence-corrected chi connectivity index (χ1v) is 2.22. The van der Waals surface area contributed by atoms with Crippen molar-refractivity contribution >= 4 is 0 Å². The summed E-state index contributed by atoms with van der Waals surface area (Å²) in [5.74, 6) is -2.57. The SMILES string of the molecule is COCCC(O)(O)O. The van der Waals surface area contributed by atoms with Crippen molar-refractivity contribution in [3.63, 3.8) is 0 Å². The van der Waals surface area contributed by atoms with Crippen LogP contribution in [0.3, 0.4) is 0 Å². The number of aliphatic hydroxyl groups is 3. The zero-order valence-corrected chi connectivity index (χ0v) is 4.66. The zero-order chi connectivity index (χ0) is 6.62. The Kier molecular flexibility index (Phi) is 2.93. The van der Waals surface area contributed by atoms with Crippen molar-refractivity contribution in [3.8, 4) is 0 Å². The molecule has 0 saturated carbocycles. The largest absolute Gasteiger partial charge is 0.384 e. The minimum absolute atomic E-state index is 0.128. The molecule has 0 rings (SSSR count). The van der Waals surface area contributed by atoms with E-state index in [1.807, 2.05) is 0 Å². The molecule has 0 aromatic rings. The lowest BCUT2D eigenvalue weighted by atomic mass is 10.4. The lowest BCUT2D eigenvalue weighted by Gasteiger charge is -2.11. The molecule has 0 radical (unpaired) electrons. The molecule has 0 aromatic heterocycles. The fourth-order valence-electron chi connectivity index (χ4n) is 0.239. The molecule has 0 unspecified atom stereocenters. The molecule has 0 aliphatic rings. The molecule has 0 bridgehead atoms. The monoisotopic (exact) mass is 122 g/mol. The predicted octanol–water partition coefficient (Wildman–Crippen LogP) is -1.35. The van der Waals surface area contributed by atoms with Crippen molar-refractivity contribution in [2.24, 2.45) is 0 Å². The van der Waals surface area contributed by atoms with Crippen LogP contribution in [0.5, 0.6) is 0 Å². The van der Waals surface area contributed by atoms with E-state index >= 15 is 0 Å². The highest BCUT2D eigenvalue weighted by atomic mass is 16.7. The standard InChI is InChI=1S/C4H10O4/c1-8-3-2-4(5,6)7/h5-7H,2-3H2,1H3. The van der Waals surface area contributed by atoms with Gasteiger partial charge in [-0.25, -0.2) is 0 Å². The van der Waals surface area contributed by atoms with E-state index in [1.165, 1.54) is 7.11 Å². The molecule has 0 spiro atoms. The van der Waals surface area contributed by atoms with E-state index in [2.05, 4.69) is 4.74 Å². The van der Waals surface area contributed by atoms with Gasteiger partial charge in [-0.15, -0.1) is 0 Å². The van der Waals surface area contributed by atoms with Crippen LogP contribution in [0.15, 0.2) is 0 Å². The maximum absolute atomic E-state index is 8.18. The van der Waals surface area contributed by atoms with Crippen LogP contribution in [0.25, 0.3) is 0 Å². The van der Waals surface area contributed by atoms with Crippen LogP contribution in [-0.2, 0) is 4.74 Å². The molecule has 0 atom stereocenters. The van der Waals surface area contributed by atoms with E-state index in [0.717, 1.165) is 0 Å². The molecule has 0 fully saturated rings. The van der Waals surface area contributed by atoms with Gasteiger partial charge in [-0.05, 0) is 0 Å². The Hall–Kier alpha value is -0.160. The second-order valence-electron chi connectivity index (χ2n) is 1.52. The van der Waals surface area contributed by atoms with Gasteiger partial charge in [0.05, 0.1) is 13.0 Å². The first-order chi connectivity index (χ1) is 3.56. The number of hydrogen-bond donors (Lipinski definition) is 3. The van der Waals surface area contributed by atoms with Gasteiger partial charge in [0.15, 0.2) is 0 Å². The van der Waals surface area contributed by atoms with Gasteiger partial charge >= 0.3 is 0 Å². The maximum atomic E-state index is 8.18. The van der Waals surface area contributed by atoms with E-state index in [4.69, 9.17) is 15.3 Å². The van der Waals surface area contributed by atoms with E-state index < -0.39 is 5.97 Å². The summed E-state index contributed by atoms with van der Waals surface area (Å²) >= 11 is 0. The highest BCUT2D eigenvalue weighted by molar-refractivity contribution is 4.43. The molecule has 50 valence electrons.